The lowest BCUT2D eigenvalue weighted by Gasteiger charge is -2.37. The molecule has 170 valence electrons. The highest BCUT2D eigenvalue weighted by molar-refractivity contribution is 5.92. The Morgan fingerprint density at radius 2 is 1.79 bits per heavy atom. The first-order chi connectivity index (χ1) is 16.0. The zero-order valence-electron chi connectivity index (χ0n) is 18.4. The molecule has 1 aliphatic heterocycles. The van der Waals surface area contributed by atoms with Gasteiger partial charge in [0, 0.05) is 49.7 Å². The first kappa shape index (κ1) is 22.5. The third-order valence-corrected chi connectivity index (χ3v) is 5.72. The van der Waals surface area contributed by atoms with Crippen LogP contribution in [-0.4, -0.2) is 37.1 Å². The van der Waals surface area contributed by atoms with Gasteiger partial charge in [0.2, 0.25) is 5.91 Å². The lowest BCUT2D eigenvalue weighted by atomic mass is 10.1. The number of halogens is 2. The number of carbonyl (C=O) groups is 1. The van der Waals surface area contributed by atoms with Gasteiger partial charge < -0.3 is 15.1 Å². The Balaban J connectivity index is 1.36. The molecule has 2 aromatic carbocycles. The van der Waals surface area contributed by atoms with Crippen molar-refractivity contribution in [3.8, 4) is 0 Å². The largest absolute Gasteiger partial charge is 0.368 e. The minimum Gasteiger partial charge on any atom is -0.368 e. The van der Waals surface area contributed by atoms with Crippen LogP contribution < -0.4 is 15.1 Å². The summed E-state index contributed by atoms with van der Waals surface area (Å²) in [4.78, 5) is 21.3. The maximum atomic E-state index is 13.7. The molecule has 0 spiro atoms. The lowest BCUT2D eigenvalue weighted by molar-refractivity contribution is -0.117. The number of rotatable bonds is 6. The fourth-order valence-electron chi connectivity index (χ4n) is 3.88. The fourth-order valence-corrected chi connectivity index (χ4v) is 3.88. The SMILES string of the molecule is CC(NC(=O)/C=C/c1cc(F)ccc1F)c1cccc(N2CCN(c3ccccn3)CC2)c1. The van der Waals surface area contributed by atoms with Crippen molar-refractivity contribution < 1.29 is 13.6 Å². The van der Waals surface area contributed by atoms with Crippen molar-refractivity contribution in [1.29, 1.82) is 0 Å². The number of pyridine rings is 1. The molecule has 1 aliphatic rings. The lowest BCUT2D eigenvalue weighted by Crippen LogP contribution is -2.46. The van der Waals surface area contributed by atoms with E-state index in [9.17, 15) is 13.6 Å². The average Bonchev–Trinajstić information content (AvgIpc) is 2.85. The van der Waals surface area contributed by atoms with Crippen molar-refractivity contribution in [3.63, 3.8) is 0 Å². The molecule has 0 aliphatic carbocycles. The standard InChI is InChI=1S/C26H26F2N4O/c1-19(30-26(33)11-8-21-17-22(27)9-10-24(21)28)20-5-4-6-23(18-20)31-13-15-32(16-14-31)25-7-2-3-12-29-25/h2-12,17-19H,13-16H2,1H3,(H,30,33)/b11-8+. The number of carbonyl (C=O) groups excluding carboxylic acids is 1. The van der Waals surface area contributed by atoms with Gasteiger partial charge in [0.15, 0.2) is 0 Å². The Morgan fingerprint density at radius 1 is 1.00 bits per heavy atom. The number of hydrogen-bond acceptors (Lipinski definition) is 4. The molecule has 1 atom stereocenters. The average molecular weight is 449 g/mol. The Labute approximate surface area is 192 Å². The van der Waals surface area contributed by atoms with Gasteiger partial charge in [-0.15, -0.1) is 0 Å². The van der Waals surface area contributed by atoms with Gasteiger partial charge in [0.1, 0.15) is 17.5 Å². The van der Waals surface area contributed by atoms with Gasteiger partial charge in [0.05, 0.1) is 6.04 Å². The molecule has 0 radical (unpaired) electrons. The van der Waals surface area contributed by atoms with E-state index in [1.54, 1.807) is 0 Å². The third-order valence-electron chi connectivity index (χ3n) is 5.72. The van der Waals surface area contributed by atoms with Crippen molar-refractivity contribution in [1.82, 2.24) is 10.3 Å². The summed E-state index contributed by atoms with van der Waals surface area (Å²) in [6.07, 6.45) is 4.30. The quantitative estimate of drug-likeness (QED) is 0.561. The van der Waals surface area contributed by atoms with Crippen LogP contribution in [0.15, 0.2) is 72.9 Å². The molecule has 2 heterocycles. The summed E-state index contributed by atoms with van der Waals surface area (Å²) in [7, 11) is 0. The van der Waals surface area contributed by atoms with Crippen LogP contribution in [0.2, 0.25) is 0 Å². The topological polar surface area (TPSA) is 48.5 Å². The van der Waals surface area contributed by atoms with Crippen molar-refractivity contribution >= 4 is 23.5 Å². The summed E-state index contributed by atoms with van der Waals surface area (Å²) in [5.41, 5.74) is 2.11. The zero-order valence-corrected chi connectivity index (χ0v) is 18.4. The number of nitrogens with one attached hydrogen (secondary N) is 1. The Morgan fingerprint density at radius 3 is 2.55 bits per heavy atom. The smallest absolute Gasteiger partial charge is 0.244 e. The van der Waals surface area contributed by atoms with Crippen LogP contribution in [0.3, 0.4) is 0 Å². The predicted octanol–water partition coefficient (Wildman–Crippen LogP) is 4.58. The summed E-state index contributed by atoms with van der Waals surface area (Å²) in [5, 5.41) is 2.88. The second-order valence-electron chi connectivity index (χ2n) is 7.99. The van der Waals surface area contributed by atoms with Crippen LogP contribution in [-0.2, 0) is 4.79 Å². The molecule has 33 heavy (non-hydrogen) atoms. The molecule has 1 aromatic heterocycles. The maximum absolute atomic E-state index is 13.7. The highest BCUT2D eigenvalue weighted by Gasteiger charge is 2.19. The monoisotopic (exact) mass is 448 g/mol. The Kier molecular flexibility index (Phi) is 6.98. The third kappa shape index (κ3) is 5.74. The van der Waals surface area contributed by atoms with E-state index < -0.39 is 11.6 Å². The van der Waals surface area contributed by atoms with Crippen LogP contribution >= 0.6 is 0 Å². The number of benzene rings is 2. The molecule has 3 aromatic rings. The van der Waals surface area contributed by atoms with Gasteiger partial charge in [-0.2, -0.15) is 0 Å². The number of aromatic nitrogens is 1. The first-order valence-corrected chi connectivity index (χ1v) is 10.9. The van der Waals surface area contributed by atoms with Crippen LogP contribution in [0.4, 0.5) is 20.3 Å². The molecule has 1 fully saturated rings. The molecule has 0 bridgehead atoms. The molecule has 7 heteroatoms. The predicted molar refractivity (Wildman–Crippen MR) is 127 cm³/mol. The minimum atomic E-state index is -0.579. The Hall–Kier alpha value is -3.74. The van der Waals surface area contributed by atoms with E-state index in [0.29, 0.717) is 0 Å². The summed E-state index contributed by atoms with van der Waals surface area (Å²) >= 11 is 0. The minimum absolute atomic E-state index is 0.0321. The summed E-state index contributed by atoms with van der Waals surface area (Å²) in [5.74, 6) is -0.513. The normalized spacial score (nSPS) is 15.0. The van der Waals surface area contributed by atoms with Crippen LogP contribution in [0.5, 0.6) is 0 Å². The number of piperazine rings is 1. The van der Waals surface area contributed by atoms with Gasteiger partial charge in [-0.3, -0.25) is 4.79 Å². The second kappa shape index (κ2) is 10.3. The maximum Gasteiger partial charge on any atom is 0.244 e. The van der Waals surface area contributed by atoms with E-state index in [4.69, 9.17) is 0 Å². The van der Waals surface area contributed by atoms with E-state index in [-0.39, 0.29) is 17.5 Å². The van der Waals surface area contributed by atoms with Crippen molar-refractivity contribution in [2.24, 2.45) is 0 Å². The molecule has 5 nitrogen and oxygen atoms in total. The van der Waals surface area contributed by atoms with Gasteiger partial charge >= 0.3 is 0 Å². The van der Waals surface area contributed by atoms with E-state index in [2.05, 4.69) is 32.2 Å². The van der Waals surface area contributed by atoms with Crippen molar-refractivity contribution in [2.75, 3.05) is 36.0 Å². The molecule has 4 rings (SSSR count). The van der Waals surface area contributed by atoms with Crippen molar-refractivity contribution in [2.45, 2.75) is 13.0 Å². The number of hydrogen-bond donors (Lipinski definition) is 1. The Bertz CT molecular complexity index is 1130. The fraction of sp³-hybridized carbons (Fsp3) is 0.231. The van der Waals surface area contributed by atoms with Gasteiger partial charge in [0.25, 0.3) is 0 Å². The van der Waals surface area contributed by atoms with Gasteiger partial charge in [-0.05, 0) is 61.0 Å². The highest BCUT2D eigenvalue weighted by Crippen LogP contribution is 2.23. The van der Waals surface area contributed by atoms with Crippen LogP contribution in [0, 0.1) is 11.6 Å². The summed E-state index contributed by atoms with van der Waals surface area (Å²) in [6.45, 7) is 5.42. The van der Waals surface area contributed by atoms with E-state index in [0.717, 1.165) is 61.4 Å². The molecule has 1 amide bonds. The van der Waals surface area contributed by atoms with E-state index in [1.165, 1.54) is 12.2 Å². The zero-order chi connectivity index (χ0) is 23.2. The van der Waals surface area contributed by atoms with Crippen LogP contribution in [0.1, 0.15) is 24.1 Å². The summed E-state index contributed by atoms with van der Waals surface area (Å²) in [6, 6.07) is 16.9. The number of anilines is 2. The van der Waals surface area contributed by atoms with Gasteiger partial charge in [-0.25, -0.2) is 13.8 Å². The van der Waals surface area contributed by atoms with E-state index >= 15 is 0 Å². The molecule has 0 saturated carbocycles. The number of amides is 1. The first-order valence-electron chi connectivity index (χ1n) is 10.9. The van der Waals surface area contributed by atoms with Crippen LogP contribution in [0.25, 0.3) is 6.08 Å². The number of nitrogens with zero attached hydrogens (tertiary/aromatic N) is 3. The molecule has 1 unspecified atom stereocenters. The molecular formula is C26H26F2N4O. The summed E-state index contributed by atoms with van der Waals surface area (Å²) < 4.78 is 27.0. The highest BCUT2D eigenvalue weighted by atomic mass is 19.1. The van der Waals surface area contributed by atoms with Crippen molar-refractivity contribution in [3.05, 3.63) is 95.7 Å². The second-order valence-corrected chi connectivity index (χ2v) is 7.99. The molecular weight excluding hydrogens is 422 g/mol. The van der Waals surface area contributed by atoms with E-state index in [1.807, 2.05) is 43.5 Å². The molecule has 1 saturated heterocycles. The molecule has 1 N–H and O–H groups in total. The van der Waals surface area contributed by atoms with Gasteiger partial charge in [-0.1, -0.05) is 18.2 Å².